The third kappa shape index (κ3) is 4.81. The standard InChI is InChI=1S/C18H24N2O4/c1-12-3-4-14(9-13(12)2)10-17(22)24-11-16(21)20-7-5-15(6-8-20)18(19)23/h3-4,9,15H,5-8,10-11H2,1-2H3,(H2,19,23). The van der Waals surface area contributed by atoms with Gasteiger partial charge in [0.05, 0.1) is 6.42 Å². The fourth-order valence-corrected chi connectivity index (χ4v) is 2.78. The lowest BCUT2D eigenvalue weighted by Gasteiger charge is -2.30. The number of nitrogens with zero attached hydrogens (tertiary/aromatic N) is 1. The topological polar surface area (TPSA) is 89.7 Å². The zero-order valence-corrected chi connectivity index (χ0v) is 14.2. The van der Waals surface area contributed by atoms with Gasteiger partial charge < -0.3 is 15.4 Å². The van der Waals surface area contributed by atoms with Crippen LogP contribution in [0.5, 0.6) is 0 Å². The summed E-state index contributed by atoms with van der Waals surface area (Å²) in [5, 5.41) is 0. The van der Waals surface area contributed by atoms with E-state index in [0.717, 1.165) is 11.1 Å². The molecule has 2 rings (SSSR count). The SMILES string of the molecule is Cc1ccc(CC(=O)OCC(=O)N2CCC(C(N)=O)CC2)cc1C. The molecule has 24 heavy (non-hydrogen) atoms. The van der Waals surface area contributed by atoms with E-state index in [-0.39, 0.29) is 30.8 Å². The number of primary amides is 1. The Labute approximate surface area is 142 Å². The maximum atomic E-state index is 12.1. The number of hydrogen-bond acceptors (Lipinski definition) is 4. The molecule has 1 aromatic rings. The summed E-state index contributed by atoms with van der Waals surface area (Å²) in [4.78, 5) is 36.7. The van der Waals surface area contributed by atoms with Crippen molar-refractivity contribution in [1.29, 1.82) is 0 Å². The van der Waals surface area contributed by atoms with Crippen LogP contribution in [0.1, 0.15) is 29.5 Å². The molecule has 0 atom stereocenters. The van der Waals surface area contributed by atoms with Gasteiger partial charge in [-0.2, -0.15) is 0 Å². The molecule has 0 spiro atoms. The number of aryl methyl sites for hydroxylation is 2. The average molecular weight is 332 g/mol. The minimum atomic E-state index is -0.418. The molecule has 0 saturated carbocycles. The van der Waals surface area contributed by atoms with Crippen molar-refractivity contribution in [2.45, 2.75) is 33.1 Å². The third-order valence-corrected chi connectivity index (χ3v) is 4.53. The summed E-state index contributed by atoms with van der Waals surface area (Å²) in [6.07, 6.45) is 1.29. The number of rotatable bonds is 5. The molecule has 1 saturated heterocycles. The molecular weight excluding hydrogens is 308 g/mol. The molecule has 2 amide bonds. The van der Waals surface area contributed by atoms with Gasteiger partial charge in [-0.1, -0.05) is 18.2 Å². The summed E-state index contributed by atoms with van der Waals surface area (Å²) in [5.74, 6) is -1.13. The van der Waals surface area contributed by atoms with Gasteiger partial charge in [-0.25, -0.2) is 0 Å². The molecule has 1 aliphatic rings. The molecule has 0 bridgehead atoms. The van der Waals surface area contributed by atoms with E-state index in [0.29, 0.717) is 25.9 Å². The maximum Gasteiger partial charge on any atom is 0.310 e. The van der Waals surface area contributed by atoms with Crippen LogP contribution in [0, 0.1) is 19.8 Å². The molecule has 6 heteroatoms. The number of carbonyl (C=O) groups excluding carboxylic acids is 3. The molecule has 0 unspecified atom stereocenters. The van der Waals surface area contributed by atoms with Crippen molar-refractivity contribution in [3.63, 3.8) is 0 Å². The highest BCUT2D eigenvalue weighted by molar-refractivity contribution is 5.82. The number of piperidine rings is 1. The Bertz CT molecular complexity index is 634. The molecule has 1 aliphatic heterocycles. The molecular formula is C18H24N2O4. The lowest BCUT2D eigenvalue weighted by molar-refractivity contribution is -0.152. The van der Waals surface area contributed by atoms with Crippen molar-refractivity contribution < 1.29 is 19.1 Å². The second kappa shape index (κ2) is 7.95. The van der Waals surface area contributed by atoms with Gasteiger partial charge in [-0.3, -0.25) is 14.4 Å². The molecule has 0 radical (unpaired) electrons. The highest BCUT2D eigenvalue weighted by Gasteiger charge is 2.26. The van der Waals surface area contributed by atoms with Crippen molar-refractivity contribution in [2.75, 3.05) is 19.7 Å². The number of likely N-dealkylation sites (tertiary alicyclic amines) is 1. The third-order valence-electron chi connectivity index (χ3n) is 4.53. The van der Waals surface area contributed by atoms with E-state index >= 15 is 0 Å². The van der Waals surface area contributed by atoms with Crippen LogP contribution in [0.25, 0.3) is 0 Å². The molecule has 0 aromatic heterocycles. The summed E-state index contributed by atoms with van der Waals surface area (Å²) < 4.78 is 5.08. The predicted octanol–water partition coefficient (Wildman–Crippen LogP) is 1.11. The number of amides is 2. The van der Waals surface area contributed by atoms with Gasteiger partial charge in [0.1, 0.15) is 0 Å². The van der Waals surface area contributed by atoms with Gasteiger partial charge in [-0.15, -0.1) is 0 Å². The molecule has 130 valence electrons. The molecule has 1 heterocycles. The summed E-state index contributed by atoms with van der Waals surface area (Å²) >= 11 is 0. The van der Waals surface area contributed by atoms with E-state index in [9.17, 15) is 14.4 Å². The van der Waals surface area contributed by atoms with E-state index < -0.39 is 5.97 Å². The van der Waals surface area contributed by atoms with E-state index in [2.05, 4.69) is 0 Å². The zero-order chi connectivity index (χ0) is 17.7. The number of benzene rings is 1. The predicted molar refractivity (Wildman–Crippen MR) is 89.1 cm³/mol. The lowest BCUT2D eigenvalue weighted by atomic mass is 9.96. The van der Waals surface area contributed by atoms with Gasteiger partial charge in [-0.05, 0) is 43.4 Å². The Hall–Kier alpha value is -2.37. The van der Waals surface area contributed by atoms with E-state index in [4.69, 9.17) is 10.5 Å². The summed E-state index contributed by atoms with van der Waals surface area (Å²) in [5.41, 5.74) is 8.43. The van der Waals surface area contributed by atoms with Crippen LogP contribution in [0.4, 0.5) is 0 Å². The summed E-state index contributed by atoms with van der Waals surface area (Å²) in [6, 6.07) is 5.80. The molecule has 2 N–H and O–H groups in total. The highest BCUT2D eigenvalue weighted by Crippen LogP contribution is 2.16. The van der Waals surface area contributed by atoms with Crippen LogP contribution in [0.3, 0.4) is 0 Å². The Balaban J connectivity index is 1.76. The normalized spacial score (nSPS) is 15.2. The van der Waals surface area contributed by atoms with Gasteiger partial charge in [0, 0.05) is 19.0 Å². The minimum Gasteiger partial charge on any atom is -0.455 e. The number of nitrogens with two attached hydrogens (primary N) is 1. The number of carbonyl (C=O) groups is 3. The number of hydrogen-bond donors (Lipinski definition) is 1. The fourth-order valence-electron chi connectivity index (χ4n) is 2.78. The van der Waals surface area contributed by atoms with Crippen molar-refractivity contribution in [2.24, 2.45) is 11.7 Å². The first-order chi connectivity index (χ1) is 11.4. The lowest BCUT2D eigenvalue weighted by Crippen LogP contribution is -2.43. The van der Waals surface area contributed by atoms with Gasteiger partial charge >= 0.3 is 5.97 Å². The van der Waals surface area contributed by atoms with Gasteiger partial charge in [0.25, 0.3) is 5.91 Å². The Morgan fingerprint density at radius 3 is 2.42 bits per heavy atom. The van der Waals surface area contributed by atoms with Crippen LogP contribution >= 0.6 is 0 Å². The van der Waals surface area contributed by atoms with Crippen LogP contribution in [0.2, 0.25) is 0 Å². The van der Waals surface area contributed by atoms with Crippen LogP contribution in [0.15, 0.2) is 18.2 Å². The fraction of sp³-hybridized carbons (Fsp3) is 0.500. The smallest absolute Gasteiger partial charge is 0.310 e. The second-order valence-electron chi connectivity index (χ2n) is 6.31. The van der Waals surface area contributed by atoms with Crippen molar-refractivity contribution >= 4 is 17.8 Å². The summed E-state index contributed by atoms with van der Waals surface area (Å²) in [7, 11) is 0. The van der Waals surface area contributed by atoms with Gasteiger partial charge in [0.15, 0.2) is 6.61 Å². The van der Waals surface area contributed by atoms with E-state index in [1.165, 1.54) is 5.56 Å². The van der Waals surface area contributed by atoms with Crippen LogP contribution < -0.4 is 5.73 Å². The van der Waals surface area contributed by atoms with E-state index in [1.807, 2.05) is 32.0 Å². The van der Waals surface area contributed by atoms with Gasteiger partial charge in [0.2, 0.25) is 5.91 Å². The molecule has 0 aliphatic carbocycles. The highest BCUT2D eigenvalue weighted by atomic mass is 16.5. The molecule has 6 nitrogen and oxygen atoms in total. The van der Waals surface area contributed by atoms with Crippen LogP contribution in [-0.2, 0) is 25.5 Å². The quantitative estimate of drug-likeness (QED) is 0.818. The first-order valence-electron chi connectivity index (χ1n) is 8.15. The molecule has 1 fully saturated rings. The molecule has 1 aromatic carbocycles. The Kier molecular flexibility index (Phi) is 5.95. The minimum absolute atomic E-state index is 0.151. The summed E-state index contributed by atoms with van der Waals surface area (Å²) in [6.45, 7) is 4.69. The van der Waals surface area contributed by atoms with Crippen molar-refractivity contribution in [3.05, 3.63) is 34.9 Å². The first-order valence-corrected chi connectivity index (χ1v) is 8.15. The monoisotopic (exact) mass is 332 g/mol. The average Bonchev–Trinajstić information content (AvgIpc) is 2.56. The second-order valence-corrected chi connectivity index (χ2v) is 6.31. The largest absolute Gasteiger partial charge is 0.455 e. The van der Waals surface area contributed by atoms with Crippen LogP contribution in [-0.4, -0.2) is 42.4 Å². The Morgan fingerprint density at radius 2 is 1.83 bits per heavy atom. The number of esters is 1. The van der Waals surface area contributed by atoms with E-state index in [1.54, 1.807) is 4.90 Å². The van der Waals surface area contributed by atoms with Crippen molar-refractivity contribution in [3.8, 4) is 0 Å². The Morgan fingerprint density at radius 1 is 1.17 bits per heavy atom. The maximum absolute atomic E-state index is 12.1. The first kappa shape index (κ1) is 18.0. The van der Waals surface area contributed by atoms with Crippen molar-refractivity contribution in [1.82, 2.24) is 4.90 Å². The zero-order valence-electron chi connectivity index (χ0n) is 14.2. The number of ether oxygens (including phenoxy) is 1.